The van der Waals surface area contributed by atoms with Crippen LogP contribution in [0.5, 0.6) is 0 Å². The lowest BCUT2D eigenvalue weighted by atomic mass is 10.0. The molecule has 0 radical (unpaired) electrons. The smallest absolute Gasteiger partial charge is 0.147 e. The van der Waals surface area contributed by atoms with E-state index in [0.29, 0.717) is 5.56 Å². The molecule has 2 heterocycles. The quantitative estimate of drug-likeness (QED) is 0.630. The number of nitriles is 1. The SMILES string of the molecule is Cn1cc(-c2ccnc(Cl)c2C#N)c2ccccc21. The number of nitrogens with zero attached hydrogens (tertiary/aromatic N) is 3. The Hall–Kier alpha value is -2.31. The third-order valence-corrected chi connectivity index (χ3v) is 3.49. The van der Waals surface area contributed by atoms with Gasteiger partial charge in [0.2, 0.25) is 0 Å². The maximum atomic E-state index is 9.26. The molecule has 0 saturated carbocycles. The van der Waals surface area contributed by atoms with Gasteiger partial charge in [0.1, 0.15) is 11.2 Å². The van der Waals surface area contributed by atoms with Crippen LogP contribution in [0.1, 0.15) is 5.56 Å². The molecular weight excluding hydrogens is 258 g/mol. The molecule has 0 bridgehead atoms. The lowest BCUT2D eigenvalue weighted by Crippen LogP contribution is -1.88. The molecular formula is C15H10ClN3. The van der Waals surface area contributed by atoms with Crippen molar-refractivity contribution in [2.24, 2.45) is 7.05 Å². The number of pyridine rings is 1. The number of aromatic nitrogens is 2. The van der Waals surface area contributed by atoms with Crippen molar-refractivity contribution >= 4 is 22.5 Å². The first kappa shape index (κ1) is 11.8. The second-order valence-electron chi connectivity index (χ2n) is 4.31. The molecule has 3 rings (SSSR count). The first-order chi connectivity index (χ1) is 9.22. The van der Waals surface area contributed by atoms with Crippen molar-refractivity contribution in [3.63, 3.8) is 0 Å². The minimum absolute atomic E-state index is 0.243. The van der Waals surface area contributed by atoms with Gasteiger partial charge in [0.05, 0.1) is 5.56 Å². The predicted octanol–water partition coefficient (Wildman–Crippen LogP) is 3.77. The highest BCUT2D eigenvalue weighted by atomic mass is 35.5. The Morgan fingerprint density at radius 1 is 1.21 bits per heavy atom. The van der Waals surface area contributed by atoms with Crippen LogP contribution in [0.4, 0.5) is 0 Å². The van der Waals surface area contributed by atoms with Gasteiger partial charge < -0.3 is 4.57 Å². The van der Waals surface area contributed by atoms with Gasteiger partial charge in [0.25, 0.3) is 0 Å². The van der Waals surface area contributed by atoms with Crippen molar-refractivity contribution in [2.45, 2.75) is 0 Å². The van der Waals surface area contributed by atoms with E-state index in [1.807, 2.05) is 48.1 Å². The van der Waals surface area contributed by atoms with Gasteiger partial charge in [-0.1, -0.05) is 29.8 Å². The minimum Gasteiger partial charge on any atom is -0.350 e. The van der Waals surface area contributed by atoms with Crippen LogP contribution < -0.4 is 0 Å². The Morgan fingerprint density at radius 2 is 2.00 bits per heavy atom. The zero-order valence-corrected chi connectivity index (χ0v) is 11.0. The summed E-state index contributed by atoms with van der Waals surface area (Å²) in [5, 5.41) is 10.6. The van der Waals surface area contributed by atoms with Gasteiger partial charge >= 0.3 is 0 Å². The molecule has 0 aliphatic rings. The molecule has 0 N–H and O–H groups in total. The highest BCUT2D eigenvalue weighted by molar-refractivity contribution is 6.31. The molecule has 19 heavy (non-hydrogen) atoms. The van der Waals surface area contributed by atoms with E-state index < -0.39 is 0 Å². The largest absolute Gasteiger partial charge is 0.350 e. The van der Waals surface area contributed by atoms with E-state index >= 15 is 0 Å². The van der Waals surface area contributed by atoms with Crippen molar-refractivity contribution in [1.29, 1.82) is 5.26 Å². The van der Waals surface area contributed by atoms with Crippen molar-refractivity contribution in [1.82, 2.24) is 9.55 Å². The highest BCUT2D eigenvalue weighted by Crippen LogP contribution is 2.33. The number of halogens is 1. The van der Waals surface area contributed by atoms with Crippen molar-refractivity contribution in [2.75, 3.05) is 0 Å². The number of benzene rings is 1. The molecule has 0 fully saturated rings. The van der Waals surface area contributed by atoms with E-state index in [1.54, 1.807) is 6.20 Å². The molecule has 2 aromatic heterocycles. The van der Waals surface area contributed by atoms with E-state index in [4.69, 9.17) is 11.6 Å². The summed E-state index contributed by atoms with van der Waals surface area (Å²) in [5.74, 6) is 0. The Labute approximate surface area is 115 Å². The van der Waals surface area contributed by atoms with Crippen molar-refractivity contribution in [3.05, 3.63) is 53.4 Å². The summed E-state index contributed by atoms with van der Waals surface area (Å²) in [7, 11) is 1.99. The fourth-order valence-corrected chi connectivity index (χ4v) is 2.52. The average Bonchev–Trinajstić information content (AvgIpc) is 2.76. The molecule has 92 valence electrons. The van der Waals surface area contributed by atoms with E-state index in [1.165, 1.54) is 0 Å². The zero-order valence-electron chi connectivity index (χ0n) is 10.3. The Bertz CT molecular complexity index is 812. The maximum absolute atomic E-state index is 9.26. The minimum atomic E-state index is 0.243. The van der Waals surface area contributed by atoms with Gasteiger partial charge in [-0.2, -0.15) is 5.26 Å². The summed E-state index contributed by atoms with van der Waals surface area (Å²) in [6.07, 6.45) is 3.64. The number of rotatable bonds is 1. The van der Waals surface area contributed by atoms with Crippen LogP contribution in [-0.2, 0) is 7.05 Å². The zero-order chi connectivity index (χ0) is 13.4. The summed E-state index contributed by atoms with van der Waals surface area (Å²) in [5.41, 5.74) is 3.35. The number of aryl methyl sites for hydroxylation is 1. The fraction of sp³-hybridized carbons (Fsp3) is 0.0667. The summed E-state index contributed by atoms with van der Waals surface area (Å²) >= 11 is 6.00. The van der Waals surface area contributed by atoms with Crippen LogP contribution in [0.3, 0.4) is 0 Å². The number of hydrogen-bond acceptors (Lipinski definition) is 2. The summed E-state index contributed by atoms with van der Waals surface area (Å²) in [4.78, 5) is 3.96. The third-order valence-electron chi connectivity index (χ3n) is 3.20. The molecule has 0 unspecified atom stereocenters. The van der Waals surface area contributed by atoms with Crippen LogP contribution >= 0.6 is 11.6 Å². The predicted molar refractivity (Wildman–Crippen MR) is 75.9 cm³/mol. The fourth-order valence-electron chi connectivity index (χ4n) is 2.32. The molecule has 3 nitrogen and oxygen atoms in total. The molecule has 4 heteroatoms. The van der Waals surface area contributed by atoms with Gasteiger partial charge in [0, 0.05) is 41.5 Å². The molecule has 3 aromatic rings. The number of para-hydroxylation sites is 1. The van der Waals surface area contributed by atoms with Crippen LogP contribution in [0.15, 0.2) is 42.7 Å². The van der Waals surface area contributed by atoms with Gasteiger partial charge in [-0.3, -0.25) is 0 Å². The summed E-state index contributed by atoms with van der Waals surface area (Å²) < 4.78 is 2.04. The van der Waals surface area contributed by atoms with Crippen LogP contribution in [0, 0.1) is 11.3 Å². The lowest BCUT2D eigenvalue weighted by molar-refractivity contribution is 0.970. The summed E-state index contributed by atoms with van der Waals surface area (Å²) in [6, 6.07) is 12.0. The highest BCUT2D eigenvalue weighted by Gasteiger charge is 2.14. The van der Waals surface area contributed by atoms with Gasteiger partial charge in [0.15, 0.2) is 0 Å². The van der Waals surface area contributed by atoms with Gasteiger partial charge in [-0.15, -0.1) is 0 Å². The number of fused-ring (bicyclic) bond motifs is 1. The number of hydrogen-bond donors (Lipinski definition) is 0. The monoisotopic (exact) mass is 267 g/mol. The second kappa shape index (κ2) is 4.42. The van der Waals surface area contributed by atoms with Gasteiger partial charge in [-0.05, 0) is 12.1 Å². The normalized spacial score (nSPS) is 10.6. The third kappa shape index (κ3) is 1.78. The average molecular weight is 268 g/mol. The molecule has 1 aromatic carbocycles. The Morgan fingerprint density at radius 3 is 2.79 bits per heavy atom. The first-order valence-corrected chi connectivity index (χ1v) is 6.19. The van der Waals surface area contributed by atoms with Crippen LogP contribution in [-0.4, -0.2) is 9.55 Å². The lowest BCUT2D eigenvalue weighted by Gasteiger charge is -2.03. The standard InChI is InChI=1S/C15H10ClN3/c1-19-9-13(11-4-2-3-5-14(11)19)10-6-7-18-15(16)12(10)8-17/h2-7,9H,1H3. The van der Waals surface area contributed by atoms with Crippen molar-refractivity contribution in [3.8, 4) is 17.2 Å². The van der Waals surface area contributed by atoms with E-state index in [-0.39, 0.29) is 5.15 Å². The first-order valence-electron chi connectivity index (χ1n) is 5.81. The molecule has 0 spiro atoms. The molecule has 0 aliphatic carbocycles. The van der Waals surface area contributed by atoms with Gasteiger partial charge in [-0.25, -0.2) is 4.98 Å². The summed E-state index contributed by atoms with van der Waals surface area (Å²) in [6.45, 7) is 0. The van der Waals surface area contributed by atoms with E-state index in [2.05, 4.69) is 11.1 Å². The Kier molecular flexibility index (Phi) is 2.73. The van der Waals surface area contributed by atoms with Crippen LogP contribution in [0.2, 0.25) is 5.15 Å². The molecule has 0 saturated heterocycles. The van der Waals surface area contributed by atoms with Crippen molar-refractivity contribution < 1.29 is 0 Å². The maximum Gasteiger partial charge on any atom is 0.147 e. The molecule has 0 aliphatic heterocycles. The molecule has 0 atom stereocenters. The topological polar surface area (TPSA) is 41.6 Å². The Balaban J connectivity index is 2.38. The second-order valence-corrected chi connectivity index (χ2v) is 4.66. The van der Waals surface area contributed by atoms with E-state index in [9.17, 15) is 5.26 Å². The van der Waals surface area contributed by atoms with E-state index in [0.717, 1.165) is 22.0 Å². The molecule has 0 amide bonds. The van der Waals surface area contributed by atoms with Crippen LogP contribution in [0.25, 0.3) is 22.0 Å².